The first-order chi connectivity index (χ1) is 5.20. The molecule has 1 unspecified atom stereocenters. The van der Waals surface area contributed by atoms with Gasteiger partial charge in [0.1, 0.15) is 0 Å². The van der Waals surface area contributed by atoms with Gasteiger partial charge in [-0.1, -0.05) is 19.1 Å². The van der Waals surface area contributed by atoms with Crippen molar-refractivity contribution in [3.05, 3.63) is 12.2 Å². The van der Waals surface area contributed by atoms with Gasteiger partial charge in [0.2, 0.25) is 0 Å². The maximum absolute atomic E-state index is 3.94. The van der Waals surface area contributed by atoms with Crippen LogP contribution in [0.25, 0.3) is 0 Å². The largest absolute Gasteiger partial charge is 0.310 e. The Bertz CT molecular complexity index is 112. The van der Waals surface area contributed by atoms with Crippen LogP contribution in [0.2, 0.25) is 0 Å². The van der Waals surface area contributed by atoms with E-state index in [0.717, 1.165) is 13.0 Å². The number of rotatable bonds is 6. The van der Waals surface area contributed by atoms with Crippen molar-refractivity contribution in [3.8, 4) is 0 Å². The number of hydrogen-bond acceptors (Lipinski definition) is 2. The molecule has 2 heteroatoms. The summed E-state index contributed by atoms with van der Waals surface area (Å²) in [5.74, 6) is 1.18. The van der Waals surface area contributed by atoms with Crippen molar-refractivity contribution in [2.24, 2.45) is 0 Å². The van der Waals surface area contributed by atoms with Crippen LogP contribution in [0.3, 0.4) is 0 Å². The van der Waals surface area contributed by atoms with Crippen LogP contribution in [0.4, 0.5) is 0 Å². The van der Waals surface area contributed by atoms with E-state index in [9.17, 15) is 0 Å². The molecule has 11 heavy (non-hydrogen) atoms. The molecule has 0 rings (SSSR count). The maximum Gasteiger partial charge on any atom is 0.0164 e. The summed E-state index contributed by atoms with van der Waals surface area (Å²) in [6.07, 6.45) is 3.21. The molecule has 0 radical (unpaired) electrons. The van der Waals surface area contributed by atoms with Gasteiger partial charge in [0.25, 0.3) is 0 Å². The molecule has 0 saturated carbocycles. The van der Waals surface area contributed by atoms with Crippen LogP contribution in [0.1, 0.15) is 20.3 Å². The normalized spacial score (nSPS) is 13.0. The van der Waals surface area contributed by atoms with E-state index in [1.165, 1.54) is 11.3 Å². The fraction of sp³-hybridized carbons (Fsp3) is 0.778. The van der Waals surface area contributed by atoms with Crippen LogP contribution in [0, 0.1) is 0 Å². The smallest absolute Gasteiger partial charge is 0.0164 e. The molecule has 0 bridgehead atoms. The van der Waals surface area contributed by atoms with Gasteiger partial charge in [-0.2, -0.15) is 11.8 Å². The van der Waals surface area contributed by atoms with Gasteiger partial charge in [0.15, 0.2) is 0 Å². The Balaban J connectivity index is 3.29. The summed E-state index contributed by atoms with van der Waals surface area (Å²) in [6.45, 7) is 9.26. The van der Waals surface area contributed by atoms with Gasteiger partial charge in [0, 0.05) is 18.3 Å². The summed E-state index contributed by atoms with van der Waals surface area (Å²) in [6, 6.07) is 0.605. The van der Waals surface area contributed by atoms with Crippen molar-refractivity contribution in [2.75, 3.05) is 18.6 Å². The van der Waals surface area contributed by atoms with Crippen molar-refractivity contribution in [1.82, 2.24) is 5.32 Å². The van der Waals surface area contributed by atoms with E-state index < -0.39 is 0 Å². The zero-order chi connectivity index (χ0) is 8.69. The predicted molar refractivity (Wildman–Crippen MR) is 55.3 cm³/mol. The molecule has 0 aliphatic rings. The monoisotopic (exact) mass is 173 g/mol. The van der Waals surface area contributed by atoms with Crippen LogP contribution in [-0.4, -0.2) is 24.6 Å². The fourth-order valence-electron chi connectivity index (χ4n) is 0.752. The van der Waals surface area contributed by atoms with Crippen LogP contribution < -0.4 is 5.32 Å². The molecular weight excluding hydrogens is 154 g/mol. The summed E-state index contributed by atoms with van der Waals surface area (Å²) in [5, 5.41) is 3.41. The van der Waals surface area contributed by atoms with Crippen LogP contribution in [0.15, 0.2) is 12.2 Å². The highest BCUT2D eigenvalue weighted by molar-refractivity contribution is 7.98. The summed E-state index contributed by atoms with van der Waals surface area (Å²) < 4.78 is 0. The molecule has 0 heterocycles. The SMILES string of the molecule is C=C(CC)CNC(C)CSC. The molecule has 1 nitrogen and oxygen atoms in total. The number of thioether (sulfide) groups is 1. The lowest BCUT2D eigenvalue weighted by Gasteiger charge is -2.12. The minimum atomic E-state index is 0.605. The first-order valence-electron chi connectivity index (χ1n) is 4.09. The molecule has 66 valence electrons. The second-order valence-corrected chi connectivity index (χ2v) is 3.75. The third-order valence-corrected chi connectivity index (χ3v) is 2.45. The lowest BCUT2D eigenvalue weighted by atomic mass is 10.2. The van der Waals surface area contributed by atoms with Crippen molar-refractivity contribution < 1.29 is 0 Å². The van der Waals surface area contributed by atoms with E-state index in [1.54, 1.807) is 0 Å². The second kappa shape index (κ2) is 6.74. The van der Waals surface area contributed by atoms with Crippen molar-refractivity contribution in [3.63, 3.8) is 0 Å². The van der Waals surface area contributed by atoms with Gasteiger partial charge in [-0.15, -0.1) is 0 Å². The highest BCUT2D eigenvalue weighted by Gasteiger charge is 1.98. The molecule has 0 amide bonds. The van der Waals surface area contributed by atoms with Crippen LogP contribution in [-0.2, 0) is 0 Å². The quantitative estimate of drug-likeness (QED) is 0.619. The zero-order valence-corrected chi connectivity index (χ0v) is 8.63. The molecule has 0 aliphatic carbocycles. The molecule has 0 aromatic heterocycles. The standard InChI is InChI=1S/C9H19NS/c1-5-8(2)6-10-9(3)7-11-4/h9-10H,2,5-7H2,1,3-4H3. The van der Waals surface area contributed by atoms with Gasteiger partial charge in [0.05, 0.1) is 0 Å². The summed E-state index contributed by atoms with van der Waals surface area (Å²) in [4.78, 5) is 0. The Hall–Kier alpha value is 0.0500. The molecule has 0 spiro atoms. The Kier molecular flexibility index (Phi) is 6.77. The van der Waals surface area contributed by atoms with E-state index in [1.807, 2.05) is 11.8 Å². The molecule has 0 aromatic rings. The average molecular weight is 173 g/mol. The lowest BCUT2D eigenvalue weighted by molar-refractivity contribution is 0.624. The predicted octanol–water partition coefficient (Wildman–Crippen LogP) is 2.29. The van der Waals surface area contributed by atoms with Crippen LogP contribution in [0.5, 0.6) is 0 Å². The Morgan fingerprint density at radius 3 is 2.73 bits per heavy atom. The lowest BCUT2D eigenvalue weighted by Crippen LogP contribution is -2.29. The molecule has 0 aliphatic heterocycles. The Labute approximate surface area is 74.6 Å². The average Bonchev–Trinajstić information content (AvgIpc) is 2.01. The van der Waals surface area contributed by atoms with Gasteiger partial charge >= 0.3 is 0 Å². The summed E-state index contributed by atoms with van der Waals surface area (Å²) in [7, 11) is 0. The third kappa shape index (κ3) is 6.45. The Morgan fingerprint density at radius 2 is 2.27 bits per heavy atom. The molecule has 0 saturated heterocycles. The minimum Gasteiger partial charge on any atom is -0.310 e. The second-order valence-electron chi connectivity index (χ2n) is 2.84. The van der Waals surface area contributed by atoms with Gasteiger partial charge in [-0.3, -0.25) is 0 Å². The molecule has 0 fully saturated rings. The van der Waals surface area contributed by atoms with E-state index >= 15 is 0 Å². The minimum absolute atomic E-state index is 0.605. The highest BCUT2D eigenvalue weighted by Crippen LogP contribution is 1.98. The molecule has 1 atom stereocenters. The van der Waals surface area contributed by atoms with Crippen LogP contribution >= 0.6 is 11.8 Å². The van der Waals surface area contributed by atoms with Gasteiger partial charge < -0.3 is 5.32 Å². The van der Waals surface area contributed by atoms with Crippen molar-refractivity contribution >= 4 is 11.8 Å². The maximum atomic E-state index is 3.94. The van der Waals surface area contributed by atoms with Crippen molar-refractivity contribution in [2.45, 2.75) is 26.3 Å². The van der Waals surface area contributed by atoms with E-state index in [4.69, 9.17) is 0 Å². The Morgan fingerprint density at radius 1 is 1.64 bits per heavy atom. The molecule has 1 N–H and O–H groups in total. The number of hydrogen-bond donors (Lipinski definition) is 1. The van der Waals surface area contributed by atoms with E-state index in [2.05, 4.69) is 32.0 Å². The highest BCUT2D eigenvalue weighted by atomic mass is 32.2. The zero-order valence-electron chi connectivity index (χ0n) is 7.81. The van der Waals surface area contributed by atoms with E-state index in [-0.39, 0.29) is 0 Å². The first-order valence-corrected chi connectivity index (χ1v) is 5.49. The van der Waals surface area contributed by atoms with Gasteiger partial charge in [-0.05, 0) is 19.6 Å². The third-order valence-electron chi connectivity index (χ3n) is 1.62. The molecular formula is C9H19NS. The van der Waals surface area contributed by atoms with Gasteiger partial charge in [-0.25, -0.2) is 0 Å². The topological polar surface area (TPSA) is 12.0 Å². The fourth-order valence-corrected chi connectivity index (χ4v) is 1.37. The van der Waals surface area contributed by atoms with Crippen molar-refractivity contribution in [1.29, 1.82) is 0 Å². The summed E-state index contributed by atoms with van der Waals surface area (Å²) >= 11 is 1.88. The summed E-state index contributed by atoms with van der Waals surface area (Å²) in [5.41, 5.74) is 1.29. The number of nitrogens with one attached hydrogen (secondary N) is 1. The van der Waals surface area contributed by atoms with E-state index in [0.29, 0.717) is 6.04 Å². The first kappa shape index (κ1) is 11.1. The molecule has 0 aromatic carbocycles.